The van der Waals surface area contributed by atoms with Crippen molar-refractivity contribution in [3.05, 3.63) is 142 Å². The van der Waals surface area contributed by atoms with E-state index in [9.17, 15) is 27.2 Å². The molecule has 0 radical (unpaired) electrons. The summed E-state index contributed by atoms with van der Waals surface area (Å²) >= 11 is 0. The number of aryl methyl sites for hydroxylation is 1. The molecule has 4 unspecified atom stereocenters. The van der Waals surface area contributed by atoms with Gasteiger partial charge in [-0.05, 0) is 78.6 Å². The molecule has 0 aliphatic heterocycles. The van der Waals surface area contributed by atoms with Crippen LogP contribution in [0.3, 0.4) is 0 Å². The number of carbonyl (C=O) groups is 2. The van der Waals surface area contributed by atoms with Crippen LogP contribution in [0, 0.1) is 24.5 Å². The molecule has 0 heterocycles. The fourth-order valence-corrected chi connectivity index (χ4v) is 5.48. The minimum absolute atomic E-state index is 0.0375. The van der Waals surface area contributed by atoms with Crippen LogP contribution in [-0.4, -0.2) is 24.1 Å². The van der Waals surface area contributed by atoms with E-state index in [4.69, 9.17) is 9.47 Å². The number of ether oxygens (including phenoxy) is 2. The summed E-state index contributed by atoms with van der Waals surface area (Å²) in [5, 5.41) is 0. The van der Waals surface area contributed by atoms with Crippen molar-refractivity contribution in [2.24, 2.45) is 5.92 Å². The van der Waals surface area contributed by atoms with Gasteiger partial charge in [-0.2, -0.15) is 0 Å². The molecule has 2 aliphatic carbocycles. The lowest BCUT2D eigenvalue weighted by atomic mass is 9.69. The van der Waals surface area contributed by atoms with Crippen molar-refractivity contribution in [3.8, 4) is 0 Å². The third kappa shape index (κ3) is 5.59. The Morgan fingerprint density at radius 3 is 1.88 bits per heavy atom. The van der Waals surface area contributed by atoms with Gasteiger partial charge in [-0.1, -0.05) is 48.9 Å². The number of esters is 2. The Bertz CT molecular complexity index is 1580. The van der Waals surface area contributed by atoms with E-state index in [1.54, 1.807) is 55.5 Å². The Balaban J connectivity index is 1.70. The average Bonchev–Trinajstić information content (AvgIpc) is 3.12. The van der Waals surface area contributed by atoms with Gasteiger partial charge in [0.2, 0.25) is 0 Å². The fourth-order valence-electron chi connectivity index (χ4n) is 5.48. The lowest BCUT2D eigenvalue weighted by Crippen LogP contribution is -2.48. The second-order valence-electron chi connectivity index (χ2n) is 10.1. The molecular weight excluding hydrogens is 536 g/mol. The lowest BCUT2D eigenvalue weighted by Gasteiger charge is -2.43. The number of hydrogen-bond acceptors (Lipinski definition) is 4. The standard InChI is InChI=1S/C33H26F4O4/c1-18-15-26(35)28(37)16-23(18)29-24-17-27(36)25(34)14-13-22(24)19(2)30(40-32(38)20-9-5-3-6-10-20)31(29)41-33(39)21-11-7-4-8-12-21/h3-12,14-17,19,29-31H,13H2,1-2H3. The van der Waals surface area contributed by atoms with E-state index in [0.29, 0.717) is 5.57 Å². The van der Waals surface area contributed by atoms with Gasteiger partial charge in [-0.15, -0.1) is 0 Å². The predicted molar refractivity (Wildman–Crippen MR) is 144 cm³/mol. The molecule has 0 aromatic heterocycles. The molecule has 4 atom stereocenters. The van der Waals surface area contributed by atoms with Crippen LogP contribution >= 0.6 is 0 Å². The van der Waals surface area contributed by atoms with Gasteiger partial charge < -0.3 is 9.47 Å². The highest BCUT2D eigenvalue weighted by Crippen LogP contribution is 2.48. The topological polar surface area (TPSA) is 52.6 Å². The van der Waals surface area contributed by atoms with Crippen LogP contribution in [0.2, 0.25) is 0 Å². The Morgan fingerprint density at radius 2 is 1.29 bits per heavy atom. The third-order valence-corrected chi connectivity index (χ3v) is 7.56. The van der Waals surface area contributed by atoms with Crippen LogP contribution in [0.5, 0.6) is 0 Å². The summed E-state index contributed by atoms with van der Waals surface area (Å²) in [5.41, 5.74) is 1.66. The normalized spacial score (nSPS) is 22.2. The SMILES string of the molecule is Cc1cc(F)c(F)cc1C1C2=C(CC=C(F)C(F)=C2)C(C)C(OC(=O)c2ccccc2)C1OC(=O)c1ccccc1. The predicted octanol–water partition coefficient (Wildman–Crippen LogP) is 7.86. The average molecular weight is 563 g/mol. The highest BCUT2D eigenvalue weighted by atomic mass is 19.2. The summed E-state index contributed by atoms with van der Waals surface area (Å²) in [4.78, 5) is 26.6. The van der Waals surface area contributed by atoms with Crippen LogP contribution in [-0.2, 0) is 9.47 Å². The summed E-state index contributed by atoms with van der Waals surface area (Å²) in [6.07, 6.45) is -0.416. The molecule has 41 heavy (non-hydrogen) atoms. The molecule has 8 heteroatoms. The third-order valence-electron chi connectivity index (χ3n) is 7.56. The van der Waals surface area contributed by atoms with Gasteiger partial charge in [0, 0.05) is 5.92 Å². The van der Waals surface area contributed by atoms with Crippen molar-refractivity contribution < 1.29 is 36.6 Å². The highest BCUT2D eigenvalue weighted by Gasteiger charge is 2.48. The smallest absolute Gasteiger partial charge is 0.338 e. The van der Waals surface area contributed by atoms with Gasteiger partial charge in [-0.25, -0.2) is 27.2 Å². The van der Waals surface area contributed by atoms with Crippen molar-refractivity contribution in [1.29, 1.82) is 0 Å². The molecule has 3 aromatic rings. The van der Waals surface area contributed by atoms with Crippen LogP contribution in [0.25, 0.3) is 0 Å². The first-order valence-electron chi connectivity index (χ1n) is 13.1. The van der Waals surface area contributed by atoms with Crippen LogP contribution in [0.1, 0.15) is 51.1 Å². The monoisotopic (exact) mass is 562 g/mol. The van der Waals surface area contributed by atoms with Crippen LogP contribution in [0.4, 0.5) is 17.6 Å². The number of halogens is 4. The van der Waals surface area contributed by atoms with Crippen molar-refractivity contribution in [1.82, 2.24) is 0 Å². The number of benzene rings is 3. The molecule has 210 valence electrons. The summed E-state index contributed by atoms with van der Waals surface area (Å²) in [5.74, 6) is -7.75. The van der Waals surface area contributed by atoms with E-state index in [-0.39, 0.29) is 34.2 Å². The van der Waals surface area contributed by atoms with Crippen molar-refractivity contribution in [2.45, 2.75) is 38.4 Å². The zero-order valence-electron chi connectivity index (χ0n) is 22.2. The van der Waals surface area contributed by atoms with E-state index < -0.39 is 59.3 Å². The molecule has 0 fully saturated rings. The maximum absolute atomic E-state index is 14.9. The van der Waals surface area contributed by atoms with E-state index in [0.717, 1.165) is 24.3 Å². The molecule has 0 spiro atoms. The first-order valence-corrected chi connectivity index (χ1v) is 13.1. The van der Waals surface area contributed by atoms with Crippen molar-refractivity contribution in [3.63, 3.8) is 0 Å². The Labute approximate surface area is 234 Å². The fraction of sp³-hybridized carbons (Fsp3) is 0.212. The van der Waals surface area contributed by atoms with E-state index in [2.05, 4.69) is 0 Å². The quantitative estimate of drug-likeness (QED) is 0.235. The molecule has 3 aromatic carbocycles. The second-order valence-corrected chi connectivity index (χ2v) is 10.1. The first-order chi connectivity index (χ1) is 19.7. The summed E-state index contributed by atoms with van der Waals surface area (Å²) in [7, 11) is 0. The zero-order chi connectivity index (χ0) is 29.3. The molecule has 0 saturated heterocycles. The second kappa shape index (κ2) is 11.6. The Kier molecular flexibility index (Phi) is 7.92. The molecule has 5 rings (SSSR count). The maximum atomic E-state index is 14.9. The first kappa shape index (κ1) is 28.1. The summed E-state index contributed by atoms with van der Waals surface area (Å²) in [6.45, 7) is 3.24. The van der Waals surface area contributed by atoms with E-state index in [1.165, 1.54) is 19.1 Å². The maximum Gasteiger partial charge on any atom is 0.338 e. The van der Waals surface area contributed by atoms with Gasteiger partial charge in [0.25, 0.3) is 0 Å². The van der Waals surface area contributed by atoms with Crippen LogP contribution < -0.4 is 0 Å². The number of allylic oxidation sites excluding steroid dienone is 4. The molecular formula is C33H26F4O4. The van der Waals surface area contributed by atoms with Crippen molar-refractivity contribution in [2.75, 3.05) is 0 Å². The Morgan fingerprint density at radius 1 is 0.756 bits per heavy atom. The Hall–Kier alpha value is -4.46. The summed E-state index contributed by atoms with van der Waals surface area (Å²) in [6, 6.07) is 18.2. The molecule has 0 amide bonds. The van der Waals surface area contributed by atoms with Gasteiger partial charge in [0.15, 0.2) is 29.4 Å². The molecule has 0 N–H and O–H groups in total. The minimum Gasteiger partial charge on any atom is -0.454 e. The van der Waals surface area contributed by atoms with E-state index in [1.807, 2.05) is 0 Å². The van der Waals surface area contributed by atoms with Gasteiger partial charge in [0.1, 0.15) is 6.10 Å². The van der Waals surface area contributed by atoms with Crippen LogP contribution in [0.15, 0.2) is 108 Å². The largest absolute Gasteiger partial charge is 0.454 e. The lowest BCUT2D eigenvalue weighted by molar-refractivity contribution is -0.0593. The van der Waals surface area contributed by atoms with Gasteiger partial charge in [0.05, 0.1) is 17.0 Å². The molecule has 0 saturated carbocycles. The van der Waals surface area contributed by atoms with Crippen molar-refractivity contribution >= 4 is 11.9 Å². The zero-order valence-corrected chi connectivity index (χ0v) is 22.2. The number of carbonyl (C=O) groups excluding carboxylic acids is 2. The molecule has 4 nitrogen and oxygen atoms in total. The molecule has 2 aliphatic rings. The molecule has 0 bridgehead atoms. The highest BCUT2D eigenvalue weighted by molar-refractivity contribution is 5.90. The number of hydrogen-bond donors (Lipinski definition) is 0. The van der Waals surface area contributed by atoms with E-state index >= 15 is 0 Å². The van der Waals surface area contributed by atoms with Gasteiger partial charge in [-0.3, -0.25) is 0 Å². The summed E-state index contributed by atoms with van der Waals surface area (Å²) < 4.78 is 70.3. The minimum atomic E-state index is -1.31. The number of rotatable bonds is 5. The van der Waals surface area contributed by atoms with Gasteiger partial charge >= 0.3 is 11.9 Å².